The summed E-state index contributed by atoms with van der Waals surface area (Å²) in [4.78, 5) is 11.0. The Balaban J connectivity index is 3.14. The fourth-order valence-electron chi connectivity index (χ4n) is 1.55. The van der Waals surface area contributed by atoms with Crippen molar-refractivity contribution in [3.8, 4) is 0 Å². The summed E-state index contributed by atoms with van der Waals surface area (Å²) >= 11 is 0. The van der Waals surface area contributed by atoms with E-state index in [9.17, 15) is 13.2 Å². The van der Waals surface area contributed by atoms with Gasteiger partial charge in [0.15, 0.2) is 0 Å². The maximum absolute atomic E-state index is 12.3. The molecule has 0 amide bonds. The summed E-state index contributed by atoms with van der Waals surface area (Å²) in [5, 5.41) is 9.05. The first-order valence-corrected chi connectivity index (χ1v) is 7.93. The molecule has 1 aromatic rings. The van der Waals surface area contributed by atoms with Crippen molar-refractivity contribution in [2.45, 2.75) is 52.1 Å². The van der Waals surface area contributed by atoms with Gasteiger partial charge in [-0.1, -0.05) is 20.8 Å². The highest BCUT2D eigenvalue weighted by atomic mass is 32.2. The van der Waals surface area contributed by atoms with Crippen LogP contribution in [0.1, 0.15) is 45.1 Å². The molecule has 0 bridgehead atoms. The van der Waals surface area contributed by atoms with E-state index in [0.717, 1.165) is 0 Å². The number of aromatic nitrogens is 1. The minimum Gasteiger partial charge on any atom is -0.477 e. The number of sulfonamides is 1. The Morgan fingerprint density at radius 1 is 1.45 bits per heavy atom. The predicted octanol–water partition coefficient (Wildman–Crippen LogP) is 1.92. The molecule has 1 heterocycles. The minimum atomic E-state index is -3.72. The van der Waals surface area contributed by atoms with Crippen LogP contribution in [0.15, 0.2) is 17.2 Å². The number of carboxylic acids is 1. The lowest BCUT2D eigenvalue weighted by molar-refractivity contribution is 0.0685. The Morgan fingerprint density at radius 3 is 2.35 bits per heavy atom. The molecule has 0 aliphatic carbocycles. The predicted molar refractivity (Wildman–Crippen MR) is 76.3 cm³/mol. The van der Waals surface area contributed by atoms with Crippen LogP contribution in [-0.2, 0) is 16.6 Å². The monoisotopic (exact) mass is 302 g/mol. The van der Waals surface area contributed by atoms with Gasteiger partial charge in [-0.25, -0.2) is 17.9 Å². The number of rotatable bonds is 5. The third-order valence-corrected chi connectivity index (χ3v) is 4.88. The Kier molecular flexibility index (Phi) is 4.66. The lowest BCUT2D eigenvalue weighted by Gasteiger charge is -2.27. The van der Waals surface area contributed by atoms with Crippen molar-refractivity contribution in [3.63, 3.8) is 0 Å². The standard InChI is InChI=1S/C13H22N2O4S/c1-6-15-8-10(7-11(15)12(16)17)20(18,19)14-9(2)13(3,4)5/h7-9,14H,6H2,1-5H3,(H,16,17). The molecule has 0 radical (unpaired) electrons. The van der Waals surface area contributed by atoms with Crippen molar-refractivity contribution in [2.24, 2.45) is 5.41 Å². The van der Waals surface area contributed by atoms with Gasteiger partial charge in [-0.3, -0.25) is 0 Å². The first kappa shape index (κ1) is 16.7. The molecule has 1 atom stereocenters. The normalized spacial score (nSPS) is 14.2. The van der Waals surface area contributed by atoms with Crippen molar-refractivity contribution in [2.75, 3.05) is 0 Å². The summed E-state index contributed by atoms with van der Waals surface area (Å²) in [7, 11) is -3.72. The molecule has 1 rings (SSSR count). The zero-order chi connectivity index (χ0) is 15.7. The van der Waals surface area contributed by atoms with Crippen LogP contribution in [-0.4, -0.2) is 30.1 Å². The fraction of sp³-hybridized carbons (Fsp3) is 0.615. The van der Waals surface area contributed by atoms with Crippen molar-refractivity contribution in [1.82, 2.24) is 9.29 Å². The van der Waals surface area contributed by atoms with E-state index in [2.05, 4.69) is 4.72 Å². The third-order valence-electron chi connectivity index (χ3n) is 3.37. The third kappa shape index (κ3) is 3.61. The quantitative estimate of drug-likeness (QED) is 0.869. The number of carbonyl (C=O) groups is 1. The summed E-state index contributed by atoms with van der Waals surface area (Å²) in [5.41, 5.74) is -0.257. The molecule has 0 saturated carbocycles. The summed E-state index contributed by atoms with van der Waals surface area (Å²) in [6.07, 6.45) is 1.35. The van der Waals surface area contributed by atoms with Gasteiger partial charge >= 0.3 is 5.97 Å². The Hall–Kier alpha value is -1.34. The molecular formula is C13H22N2O4S. The molecule has 0 spiro atoms. The highest BCUT2D eigenvalue weighted by Gasteiger charge is 2.27. The van der Waals surface area contributed by atoms with Crippen molar-refractivity contribution < 1.29 is 18.3 Å². The molecule has 114 valence electrons. The highest BCUT2D eigenvalue weighted by Crippen LogP contribution is 2.22. The zero-order valence-electron chi connectivity index (χ0n) is 12.5. The summed E-state index contributed by atoms with van der Waals surface area (Å²) in [6, 6.07) is 0.912. The van der Waals surface area contributed by atoms with Gasteiger partial charge in [0.05, 0.1) is 0 Å². The highest BCUT2D eigenvalue weighted by molar-refractivity contribution is 7.89. The van der Waals surface area contributed by atoms with E-state index in [1.165, 1.54) is 16.8 Å². The maximum atomic E-state index is 12.3. The molecule has 1 unspecified atom stereocenters. The number of nitrogens with zero attached hydrogens (tertiary/aromatic N) is 1. The summed E-state index contributed by atoms with van der Waals surface area (Å²) in [5.74, 6) is -1.14. The minimum absolute atomic E-state index is 0.0205. The number of hydrogen-bond donors (Lipinski definition) is 2. The maximum Gasteiger partial charge on any atom is 0.352 e. The second-order valence-electron chi connectivity index (χ2n) is 5.86. The van der Waals surface area contributed by atoms with Gasteiger partial charge in [-0.05, 0) is 25.3 Å². The van der Waals surface area contributed by atoms with Crippen LogP contribution in [0.4, 0.5) is 0 Å². The van der Waals surface area contributed by atoms with E-state index in [4.69, 9.17) is 5.11 Å². The van der Waals surface area contributed by atoms with E-state index in [-0.39, 0.29) is 22.0 Å². The van der Waals surface area contributed by atoms with Crippen LogP contribution in [0.2, 0.25) is 0 Å². The molecule has 0 saturated heterocycles. The van der Waals surface area contributed by atoms with E-state index >= 15 is 0 Å². The molecule has 6 nitrogen and oxygen atoms in total. The topological polar surface area (TPSA) is 88.4 Å². The molecule has 7 heteroatoms. The van der Waals surface area contributed by atoms with E-state index in [1.54, 1.807) is 13.8 Å². The van der Waals surface area contributed by atoms with Crippen LogP contribution in [0, 0.1) is 5.41 Å². The summed E-state index contributed by atoms with van der Waals surface area (Å²) < 4.78 is 28.5. The van der Waals surface area contributed by atoms with Crippen LogP contribution in [0.25, 0.3) is 0 Å². The van der Waals surface area contributed by atoms with Gasteiger partial charge in [-0.2, -0.15) is 0 Å². The average Bonchev–Trinajstić information content (AvgIpc) is 2.71. The number of hydrogen-bond acceptors (Lipinski definition) is 3. The van der Waals surface area contributed by atoms with Gasteiger partial charge in [0.25, 0.3) is 0 Å². The molecule has 1 aromatic heterocycles. The lowest BCUT2D eigenvalue weighted by atomic mass is 9.89. The van der Waals surface area contributed by atoms with Crippen molar-refractivity contribution >= 4 is 16.0 Å². The van der Waals surface area contributed by atoms with E-state index < -0.39 is 16.0 Å². The number of nitrogens with one attached hydrogen (secondary N) is 1. The van der Waals surface area contributed by atoms with Gasteiger partial charge in [0, 0.05) is 18.8 Å². The number of aromatic carboxylic acids is 1. The Labute approximate surface area is 119 Å². The number of aryl methyl sites for hydroxylation is 1. The van der Waals surface area contributed by atoms with Gasteiger partial charge in [0.2, 0.25) is 10.0 Å². The van der Waals surface area contributed by atoms with Crippen LogP contribution >= 0.6 is 0 Å². The first-order chi connectivity index (χ1) is 8.99. The van der Waals surface area contributed by atoms with Gasteiger partial charge in [-0.15, -0.1) is 0 Å². The molecule has 0 aromatic carbocycles. The second-order valence-corrected chi connectivity index (χ2v) is 7.58. The lowest BCUT2D eigenvalue weighted by Crippen LogP contribution is -2.41. The van der Waals surface area contributed by atoms with Crippen LogP contribution in [0.3, 0.4) is 0 Å². The summed E-state index contributed by atoms with van der Waals surface area (Å²) in [6.45, 7) is 9.73. The van der Waals surface area contributed by atoms with Gasteiger partial charge in [0.1, 0.15) is 10.6 Å². The Morgan fingerprint density at radius 2 is 2.00 bits per heavy atom. The van der Waals surface area contributed by atoms with Gasteiger partial charge < -0.3 is 9.67 Å². The molecule has 0 aliphatic rings. The van der Waals surface area contributed by atoms with Crippen molar-refractivity contribution in [3.05, 3.63) is 18.0 Å². The molecular weight excluding hydrogens is 280 g/mol. The smallest absolute Gasteiger partial charge is 0.352 e. The molecule has 20 heavy (non-hydrogen) atoms. The molecule has 2 N–H and O–H groups in total. The average molecular weight is 302 g/mol. The Bertz CT molecular complexity index is 596. The molecule has 0 aliphatic heterocycles. The molecule has 0 fully saturated rings. The van der Waals surface area contributed by atoms with Crippen LogP contribution in [0.5, 0.6) is 0 Å². The first-order valence-electron chi connectivity index (χ1n) is 6.45. The second kappa shape index (κ2) is 5.57. The SMILES string of the molecule is CCn1cc(S(=O)(=O)NC(C)C(C)(C)C)cc1C(=O)O. The van der Waals surface area contributed by atoms with Crippen LogP contribution < -0.4 is 4.72 Å². The fourth-order valence-corrected chi connectivity index (χ4v) is 3.04. The van der Waals surface area contributed by atoms with E-state index in [0.29, 0.717) is 6.54 Å². The van der Waals surface area contributed by atoms with E-state index in [1.807, 2.05) is 20.8 Å². The van der Waals surface area contributed by atoms with Crippen molar-refractivity contribution in [1.29, 1.82) is 0 Å². The number of carboxylic acid groups (broad SMARTS) is 1. The zero-order valence-corrected chi connectivity index (χ0v) is 13.3. The largest absolute Gasteiger partial charge is 0.477 e.